The number of hydrogen-bond acceptors (Lipinski definition) is 5. The maximum absolute atomic E-state index is 13.0. The largest absolute Gasteiger partial charge is 0.296 e. The number of aryl methyl sites for hydroxylation is 2. The van der Waals surface area contributed by atoms with Crippen LogP contribution in [0.25, 0.3) is 0 Å². The molecule has 7 nitrogen and oxygen atoms in total. The Morgan fingerprint density at radius 3 is 2.22 bits per heavy atom. The summed E-state index contributed by atoms with van der Waals surface area (Å²) in [4.78, 5) is 12.7. The summed E-state index contributed by atoms with van der Waals surface area (Å²) >= 11 is 0. The quantitative estimate of drug-likeness (QED) is 0.580. The van der Waals surface area contributed by atoms with Gasteiger partial charge in [0, 0.05) is 44.9 Å². The number of sulfonamides is 1. The number of nitro groups is 1. The van der Waals surface area contributed by atoms with E-state index < -0.39 is 14.9 Å². The second-order valence-electron chi connectivity index (χ2n) is 6.87. The minimum Gasteiger partial charge on any atom is -0.296 e. The zero-order valence-electron chi connectivity index (χ0n) is 15.5. The molecule has 0 unspecified atom stereocenters. The molecule has 1 aliphatic heterocycles. The maximum Gasteiger partial charge on any atom is 0.270 e. The lowest BCUT2D eigenvalue weighted by atomic mass is 10.1. The van der Waals surface area contributed by atoms with E-state index in [9.17, 15) is 18.5 Å². The van der Waals surface area contributed by atoms with Crippen molar-refractivity contribution < 1.29 is 13.3 Å². The smallest absolute Gasteiger partial charge is 0.270 e. The van der Waals surface area contributed by atoms with Crippen LogP contribution in [0.5, 0.6) is 0 Å². The summed E-state index contributed by atoms with van der Waals surface area (Å²) in [5.41, 5.74) is 2.72. The molecule has 8 heteroatoms. The summed E-state index contributed by atoms with van der Waals surface area (Å²) in [6.07, 6.45) is 0. The van der Waals surface area contributed by atoms with Crippen molar-refractivity contribution in [2.24, 2.45) is 0 Å². The molecule has 0 radical (unpaired) electrons. The molecule has 2 aromatic rings. The van der Waals surface area contributed by atoms with Crippen molar-refractivity contribution >= 4 is 15.7 Å². The molecule has 0 spiro atoms. The van der Waals surface area contributed by atoms with Crippen molar-refractivity contribution in [1.82, 2.24) is 9.21 Å². The van der Waals surface area contributed by atoms with Gasteiger partial charge in [-0.1, -0.05) is 35.9 Å². The highest BCUT2D eigenvalue weighted by Gasteiger charge is 2.30. The number of piperazine rings is 1. The number of rotatable bonds is 5. The third kappa shape index (κ3) is 4.35. The Bertz CT molecular complexity index is 934. The van der Waals surface area contributed by atoms with Crippen LogP contribution in [0, 0.1) is 24.0 Å². The molecule has 1 saturated heterocycles. The van der Waals surface area contributed by atoms with E-state index >= 15 is 0 Å². The first-order valence-corrected chi connectivity index (χ1v) is 10.2. The molecule has 1 aliphatic rings. The predicted molar refractivity (Wildman–Crippen MR) is 103 cm³/mol. The van der Waals surface area contributed by atoms with E-state index in [0.29, 0.717) is 31.7 Å². The zero-order chi connectivity index (χ0) is 19.6. The number of nitrogens with zero attached hydrogens (tertiary/aromatic N) is 3. The van der Waals surface area contributed by atoms with Gasteiger partial charge in [0.25, 0.3) is 5.69 Å². The van der Waals surface area contributed by atoms with Crippen LogP contribution in [-0.2, 0) is 16.6 Å². The Morgan fingerprint density at radius 1 is 1.00 bits per heavy atom. The third-order valence-corrected chi connectivity index (χ3v) is 6.90. The van der Waals surface area contributed by atoms with Gasteiger partial charge < -0.3 is 0 Å². The van der Waals surface area contributed by atoms with Crippen molar-refractivity contribution in [1.29, 1.82) is 0 Å². The summed E-state index contributed by atoms with van der Waals surface area (Å²) in [6.45, 7) is 6.48. The molecule has 0 atom stereocenters. The van der Waals surface area contributed by atoms with Gasteiger partial charge in [0.15, 0.2) is 0 Å². The van der Waals surface area contributed by atoms with Gasteiger partial charge in [-0.05, 0) is 25.0 Å². The average Bonchev–Trinajstić information content (AvgIpc) is 2.64. The normalized spacial score (nSPS) is 16.4. The molecule has 1 heterocycles. The number of benzene rings is 2. The highest BCUT2D eigenvalue weighted by Crippen LogP contribution is 2.25. The van der Waals surface area contributed by atoms with E-state index in [2.05, 4.69) is 29.2 Å². The monoisotopic (exact) mass is 389 g/mol. The standard InChI is InChI=1S/C19H23N3O4S/c1-15-3-6-17(7-4-15)14-20-9-11-21(12-10-20)27(25,26)19-13-18(22(23)24)8-5-16(19)2/h3-8,13H,9-12,14H2,1-2H3. The van der Waals surface area contributed by atoms with E-state index in [1.165, 1.54) is 27.6 Å². The fourth-order valence-electron chi connectivity index (χ4n) is 3.20. The zero-order valence-corrected chi connectivity index (χ0v) is 16.3. The van der Waals surface area contributed by atoms with Crippen molar-refractivity contribution in [3.63, 3.8) is 0 Å². The van der Waals surface area contributed by atoms with Crippen LogP contribution in [0.4, 0.5) is 5.69 Å². The SMILES string of the molecule is Cc1ccc(CN2CCN(S(=O)(=O)c3cc([N+](=O)[O-])ccc3C)CC2)cc1. The molecular weight excluding hydrogens is 366 g/mol. The lowest BCUT2D eigenvalue weighted by Crippen LogP contribution is -2.48. The number of nitro benzene ring substituents is 1. The molecule has 1 fully saturated rings. The molecule has 0 saturated carbocycles. The van der Waals surface area contributed by atoms with E-state index in [4.69, 9.17) is 0 Å². The van der Waals surface area contributed by atoms with E-state index in [1.807, 2.05) is 6.92 Å². The molecule has 0 amide bonds. The van der Waals surface area contributed by atoms with Crippen LogP contribution < -0.4 is 0 Å². The molecule has 3 rings (SSSR count). The van der Waals surface area contributed by atoms with Crippen molar-refractivity contribution in [2.75, 3.05) is 26.2 Å². The van der Waals surface area contributed by atoms with Crippen LogP contribution in [0.3, 0.4) is 0 Å². The average molecular weight is 389 g/mol. The van der Waals surface area contributed by atoms with Crippen molar-refractivity contribution in [3.8, 4) is 0 Å². The maximum atomic E-state index is 13.0. The van der Waals surface area contributed by atoms with E-state index in [0.717, 1.165) is 12.6 Å². The van der Waals surface area contributed by atoms with Gasteiger partial charge in [-0.3, -0.25) is 15.0 Å². The molecule has 2 aromatic carbocycles. The minimum atomic E-state index is -3.75. The van der Waals surface area contributed by atoms with Gasteiger partial charge in [0.2, 0.25) is 10.0 Å². The second kappa shape index (κ2) is 7.75. The fourth-order valence-corrected chi connectivity index (χ4v) is 4.87. The first-order chi connectivity index (χ1) is 12.8. The highest BCUT2D eigenvalue weighted by atomic mass is 32.2. The predicted octanol–water partition coefficient (Wildman–Crippen LogP) is 2.72. The number of non-ortho nitro benzene ring substituents is 1. The van der Waals surface area contributed by atoms with Gasteiger partial charge >= 0.3 is 0 Å². The Labute approximate surface area is 159 Å². The van der Waals surface area contributed by atoms with Gasteiger partial charge in [-0.25, -0.2) is 8.42 Å². The van der Waals surface area contributed by atoms with Crippen LogP contribution in [0.15, 0.2) is 47.4 Å². The molecular formula is C19H23N3O4S. The molecule has 0 bridgehead atoms. The van der Waals surface area contributed by atoms with Crippen molar-refractivity contribution in [3.05, 3.63) is 69.3 Å². The Kier molecular flexibility index (Phi) is 5.59. The van der Waals surface area contributed by atoms with Gasteiger partial charge in [-0.2, -0.15) is 4.31 Å². The summed E-state index contributed by atoms with van der Waals surface area (Å²) in [5, 5.41) is 11.0. The van der Waals surface area contributed by atoms with E-state index in [-0.39, 0.29) is 10.6 Å². The lowest BCUT2D eigenvalue weighted by molar-refractivity contribution is -0.385. The topological polar surface area (TPSA) is 83.8 Å². The molecule has 0 aliphatic carbocycles. The summed E-state index contributed by atoms with van der Waals surface area (Å²) in [5.74, 6) is 0. The van der Waals surface area contributed by atoms with Crippen LogP contribution >= 0.6 is 0 Å². The Hall–Kier alpha value is -2.29. The third-order valence-electron chi connectivity index (χ3n) is 4.86. The van der Waals surface area contributed by atoms with Gasteiger partial charge in [0.1, 0.15) is 0 Å². The van der Waals surface area contributed by atoms with Gasteiger partial charge in [-0.15, -0.1) is 0 Å². The first kappa shape index (κ1) is 19.5. The Balaban J connectivity index is 1.70. The van der Waals surface area contributed by atoms with Crippen LogP contribution in [-0.4, -0.2) is 48.7 Å². The minimum absolute atomic E-state index is 0.0173. The summed E-state index contributed by atoms with van der Waals surface area (Å²) in [6, 6.07) is 12.3. The summed E-state index contributed by atoms with van der Waals surface area (Å²) < 4.78 is 27.4. The molecule has 0 N–H and O–H groups in total. The van der Waals surface area contributed by atoms with Gasteiger partial charge in [0.05, 0.1) is 9.82 Å². The molecule has 144 valence electrons. The van der Waals surface area contributed by atoms with Crippen molar-refractivity contribution in [2.45, 2.75) is 25.3 Å². The second-order valence-corrected chi connectivity index (χ2v) is 8.78. The highest BCUT2D eigenvalue weighted by molar-refractivity contribution is 7.89. The number of hydrogen-bond donors (Lipinski definition) is 0. The Morgan fingerprint density at radius 2 is 1.63 bits per heavy atom. The summed E-state index contributed by atoms with van der Waals surface area (Å²) in [7, 11) is -3.75. The first-order valence-electron chi connectivity index (χ1n) is 8.80. The fraction of sp³-hybridized carbons (Fsp3) is 0.368. The molecule has 27 heavy (non-hydrogen) atoms. The van der Waals surface area contributed by atoms with Crippen LogP contribution in [0.1, 0.15) is 16.7 Å². The lowest BCUT2D eigenvalue weighted by Gasteiger charge is -2.34. The van der Waals surface area contributed by atoms with E-state index in [1.54, 1.807) is 6.92 Å². The van der Waals surface area contributed by atoms with Crippen LogP contribution in [0.2, 0.25) is 0 Å². The molecule has 0 aromatic heterocycles.